The van der Waals surface area contributed by atoms with E-state index >= 15 is 0 Å². The molecular formula is C16H26N2O4S. The van der Waals surface area contributed by atoms with Gasteiger partial charge in [0.1, 0.15) is 0 Å². The van der Waals surface area contributed by atoms with Crippen LogP contribution in [0.3, 0.4) is 0 Å². The normalized spacial score (nSPS) is 21.1. The molecule has 23 heavy (non-hydrogen) atoms. The highest BCUT2D eigenvalue weighted by Crippen LogP contribution is 2.27. The molecule has 1 heterocycles. The Morgan fingerprint density at radius 2 is 2.00 bits per heavy atom. The third-order valence-electron chi connectivity index (χ3n) is 4.26. The fourth-order valence-corrected chi connectivity index (χ4v) is 4.65. The topological polar surface area (TPSA) is 89.9 Å². The Labute approximate surface area is 138 Å². The molecule has 0 amide bonds. The second-order valence-corrected chi connectivity index (χ2v) is 7.81. The summed E-state index contributed by atoms with van der Waals surface area (Å²) >= 11 is 0. The highest BCUT2D eigenvalue weighted by Gasteiger charge is 2.32. The molecule has 130 valence electrons. The van der Waals surface area contributed by atoms with Gasteiger partial charge in [-0.25, -0.2) is 8.42 Å². The number of anilines is 1. The van der Waals surface area contributed by atoms with Crippen LogP contribution in [0.2, 0.25) is 0 Å². The number of aliphatic hydroxyl groups excluding tert-OH is 2. The molecule has 0 spiro atoms. The second-order valence-electron chi connectivity index (χ2n) is 5.92. The lowest BCUT2D eigenvalue weighted by Gasteiger charge is -2.34. The van der Waals surface area contributed by atoms with E-state index in [9.17, 15) is 13.5 Å². The van der Waals surface area contributed by atoms with Crippen LogP contribution in [-0.2, 0) is 10.0 Å². The summed E-state index contributed by atoms with van der Waals surface area (Å²) in [7, 11) is -3.46. The van der Waals surface area contributed by atoms with Gasteiger partial charge in [-0.2, -0.15) is 4.31 Å². The monoisotopic (exact) mass is 342 g/mol. The van der Waals surface area contributed by atoms with Crippen LogP contribution in [0.25, 0.3) is 0 Å². The van der Waals surface area contributed by atoms with Crippen molar-refractivity contribution in [3.05, 3.63) is 24.3 Å². The average molecular weight is 342 g/mol. The minimum atomic E-state index is -3.46. The number of rotatable bonds is 7. The summed E-state index contributed by atoms with van der Waals surface area (Å²) in [6.07, 6.45) is 2.92. The zero-order valence-corrected chi connectivity index (χ0v) is 14.3. The average Bonchev–Trinajstić information content (AvgIpc) is 2.59. The van der Waals surface area contributed by atoms with E-state index in [1.807, 2.05) is 6.92 Å². The second kappa shape index (κ2) is 8.10. The van der Waals surface area contributed by atoms with Crippen molar-refractivity contribution in [3.63, 3.8) is 0 Å². The quantitative estimate of drug-likeness (QED) is 0.697. The molecule has 3 N–H and O–H groups in total. The van der Waals surface area contributed by atoms with Gasteiger partial charge < -0.3 is 15.5 Å². The van der Waals surface area contributed by atoms with E-state index in [1.54, 1.807) is 28.6 Å². The van der Waals surface area contributed by atoms with Gasteiger partial charge in [0.15, 0.2) is 0 Å². The number of piperidine rings is 1. The van der Waals surface area contributed by atoms with Crippen LogP contribution in [0.1, 0.15) is 32.6 Å². The molecule has 2 rings (SSSR count). The summed E-state index contributed by atoms with van der Waals surface area (Å²) in [5.74, 6) is 0. The van der Waals surface area contributed by atoms with Crippen LogP contribution in [0.15, 0.2) is 29.2 Å². The summed E-state index contributed by atoms with van der Waals surface area (Å²) in [6.45, 7) is 2.51. The maximum absolute atomic E-state index is 12.8. The van der Waals surface area contributed by atoms with Crippen molar-refractivity contribution in [2.45, 2.75) is 49.6 Å². The first-order chi connectivity index (χ1) is 11.0. The van der Waals surface area contributed by atoms with Crippen molar-refractivity contribution >= 4 is 15.7 Å². The molecule has 0 bridgehead atoms. The Balaban J connectivity index is 2.10. The molecule has 1 fully saturated rings. The molecule has 0 radical (unpaired) electrons. The van der Waals surface area contributed by atoms with Crippen LogP contribution >= 0.6 is 0 Å². The van der Waals surface area contributed by atoms with Gasteiger partial charge in [-0.3, -0.25) is 0 Å². The standard InChI is InChI=1S/C16H26N2O4S/c1-2-14-5-3-4-10-18(14)23(21,22)16-8-6-13(7-9-16)17-11-15(20)12-19/h6-9,14-15,17,19-20H,2-5,10-12H2,1H3. The van der Waals surface area contributed by atoms with Crippen molar-refractivity contribution in [2.24, 2.45) is 0 Å². The Morgan fingerprint density at radius 3 is 2.61 bits per heavy atom. The molecule has 2 atom stereocenters. The Hall–Kier alpha value is -1.15. The number of hydrogen-bond acceptors (Lipinski definition) is 5. The first-order valence-corrected chi connectivity index (χ1v) is 9.57. The number of nitrogens with zero attached hydrogens (tertiary/aromatic N) is 1. The van der Waals surface area contributed by atoms with Gasteiger partial charge in [0.2, 0.25) is 10.0 Å². The largest absolute Gasteiger partial charge is 0.394 e. The predicted octanol–water partition coefficient (Wildman–Crippen LogP) is 1.40. The summed E-state index contributed by atoms with van der Waals surface area (Å²) in [5, 5.41) is 21.1. The van der Waals surface area contributed by atoms with E-state index in [2.05, 4.69) is 5.32 Å². The van der Waals surface area contributed by atoms with E-state index < -0.39 is 16.1 Å². The van der Waals surface area contributed by atoms with Crippen molar-refractivity contribution in [1.29, 1.82) is 0 Å². The Kier molecular flexibility index (Phi) is 6.41. The van der Waals surface area contributed by atoms with E-state index in [1.165, 1.54) is 0 Å². The minimum absolute atomic E-state index is 0.0891. The third kappa shape index (κ3) is 4.44. The fourth-order valence-electron chi connectivity index (χ4n) is 2.88. The van der Waals surface area contributed by atoms with Crippen molar-refractivity contribution in [3.8, 4) is 0 Å². The van der Waals surface area contributed by atoms with Crippen molar-refractivity contribution in [1.82, 2.24) is 4.31 Å². The first kappa shape index (κ1) is 18.2. The van der Waals surface area contributed by atoms with Crippen molar-refractivity contribution in [2.75, 3.05) is 25.0 Å². The Morgan fingerprint density at radius 1 is 1.30 bits per heavy atom. The molecule has 0 aliphatic carbocycles. The highest BCUT2D eigenvalue weighted by molar-refractivity contribution is 7.89. The van der Waals surface area contributed by atoms with Crippen LogP contribution in [0.4, 0.5) is 5.69 Å². The molecule has 0 aromatic heterocycles. The van der Waals surface area contributed by atoms with E-state index in [0.717, 1.165) is 25.7 Å². The minimum Gasteiger partial charge on any atom is -0.394 e. The summed E-state index contributed by atoms with van der Waals surface area (Å²) in [5.41, 5.74) is 0.710. The molecular weight excluding hydrogens is 316 g/mol. The van der Waals surface area contributed by atoms with Crippen molar-refractivity contribution < 1.29 is 18.6 Å². The summed E-state index contributed by atoms with van der Waals surface area (Å²) in [6, 6.07) is 6.63. The summed E-state index contributed by atoms with van der Waals surface area (Å²) in [4.78, 5) is 0.297. The summed E-state index contributed by atoms with van der Waals surface area (Å²) < 4.78 is 27.3. The van der Waals surface area contributed by atoms with Gasteiger partial charge in [0, 0.05) is 24.8 Å². The number of sulfonamides is 1. The third-order valence-corrected chi connectivity index (χ3v) is 6.22. The number of hydrogen-bond donors (Lipinski definition) is 3. The first-order valence-electron chi connectivity index (χ1n) is 8.13. The maximum Gasteiger partial charge on any atom is 0.243 e. The lowest BCUT2D eigenvalue weighted by Crippen LogP contribution is -2.43. The Bertz CT molecular complexity index is 589. The lowest BCUT2D eigenvalue weighted by atomic mass is 10.0. The number of benzene rings is 1. The van der Waals surface area contributed by atoms with E-state index in [0.29, 0.717) is 17.1 Å². The van der Waals surface area contributed by atoms with Crippen LogP contribution < -0.4 is 5.32 Å². The molecule has 7 heteroatoms. The smallest absolute Gasteiger partial charge is 0.243 e. The fraction of sp³-hybridized carbons (Fsp3) is 0.625. The lowest BCUT2D eigenvalue weighted by molar-refractivity contribution is 0.105. The predicted molar refractivity (Wildman–Crippen MR) is 89.8 cm³/mol. The molecule has 1 aromatic carbocycles. The van der Waals surface area contributed by atoms with Gasteiger partial charge >= 0.3 is 0 Å². The van der Waals surface area contributed by atoms with Gasteiger partial charge in [-0.1, -0.05) is 13.3 Å². The molecule has 6 nitrogen and oxygen atoms in total. The highest BCUT2D eigenvalue weighted by atomic mass is 32.2. The van der Waals surface area contributed by atoms with Gasteiger partial charge in [-0.05, 0) is 43.5 Å². The SMILES string of the molecule is CCC1CCCCN1S(=O)(=O)c1ccc(NCC(O)CO)cc1. The molecule has 1 aliphatic rings. The molecule has 1 saturated heterocycles. The number of aliphatic hydroxyl groups is 2. The zero-order chi connectivity index (χ0) is 16.9. The van der Waals surface area contributed by atoms with E-state index in [-0.39, 0.29) is 19.2 Å². The van der Waals surface area contributed by atoms with Crippen LogP contribution in [0, 0.1) is 0 Å². The van der Waals surface area contributed by atoms with Crippen LogP contribution in [-0.4, -0.2) is 54.8 Å². The molecule has 0 saturated carbocycles. The number of nitrogens with one attached hydrogen (secondary N) is 1. The zero-order valence-electron chi connectivity index (χ0n) is 13.5. The van der Waals surface area contributed by atoms with Gasteiger partial charge in [0.25, 0.3) is 0 Å². The van der Waals surface area contributed by atoms with Gasteiger partial charge in [0.05, 0.1) is 17.6 Å². The molecule has 1 aromatic rings. The molecule has 2 unspecified atom stereocenters. The van der Waals surface area contributed by atoms with Crippen LogP contribution in [0.5, 0.6) is 0 Å². The van der Waals surface area contributed by atoms with Gasteiger partial charge in [-0.15, -0.1) is 0 Å². The molecule has 1 aliphatic heterocycles. The van der Waals surface area contributed by atoms with E-state index in [4.69, 9.17) is 5.11 Å². The maximum atomic E-state index is 12.8.